The molecule has 2 aromatic rings. The number of carbonyl (C=O) groups is 2. The van der Waals surface area contributed by atoms with E-state index in [0.29, 0.717) is 49.9 Å². The SMILES string of the molecule is O=C(NCCOc1cccc(Cl)c1)C1CCN(C(=O)c2cccs2)CC1. The Bertz CT molecular complexity index is 743. The number of nitrogens with one attached hydrogen (secondary N) is 1. The Balaban J connectivity index is 1.36. The van der Waals surface area contributed by atoms with Crippen molar-refractivity contribution in [3.05, 3.63) is 51.7 Å². The molecule has 138 valence electrons. The Morgan fingerprint density at radius 2 is 2.04 bits per heavy atom. The number of nitrogens with zero attached hydrogens (tertiary/aromatic N) is 1. The first-order valence-electron chi connectivity index (χ1n) is 8.62. The summed E-state index contributed by atoms with van der Waals surface area (Å²) in [7, 11) is 0. The van der Waals surface area contributed by atoms with Crippen LogP contribution in [0.4, 0.5) is 0 Å². The zero-order chi connectivity index (χ0) is 18.4. The Morgan fingerprint density at radius 3 is 2.73 bits per heavy atom. The molecule has 0 radical (unpaired) electrons. The molecule has 0 spiro atoms. The van der Waals surface area contributed by atoms with E-state index in [0.717, 1.165) is 4.88 Å². The molecule has 0 atom stereocenters. The summed E-state index contributed by atoms with van der Waals surface area (Å²) in [6.07, 6.45) is 1.39. The van der Waals surface area contributed by atoms with Crippen LogP contribution in [0.5, 0.6) is 5.75 Å². The van der Waals surface area contributed by atoms with E-state index in [-0.39, 0.29) is 17.7 Å². The molecule has 0 bridgehead atoms. The standard InChI is InChI=1S/C19H21ClN2O3S/c20-15-3-1-4-16(13-15)25-11-8-21-18(23)14-6-9-22(10-7-14)19(24)17-5-2-12-26-17/h1-5,12-14H,6-11H2,(H,21,23). The summed E-state index contributed by atoms with van der Waals surface area (Å²) in [5.41, 5.74) is 0. The first kappa shape index (κ1) is 18.7. The molecule has 1 aliphatic rings. The highest BCUT2D eigenvalue weighted by Crippen LogP contribution is 2.21. The summed E-state index contributed by atoms with van der Waals surface area (Å²) in [6.45, 7) is 2.07. The van der Waals surface area contributed by atoms with Crippen LogP contribution < -0.4 is 10.1 Å². The van der Waals surface area contributed by atoms with Crippen LogP contribution in [0, 0.1) is 5.92 Å². The van der Waals surface area contributed by atoms with Gasteiger partial charge in [-0.3, -0.25) is 9.59 Å². The van der Waals surface area contributed by atoms with Gasteiger partial charge in [-0.2, -0.15) is 0 Å². The van der Waals surface area contributed by atoms with Gasteiger partial charge >= 0.3 is 0 Å². The zero-order valence-electron chi connectivity index (χ0n) is 14.3. The maximum absolute atomic E-state index is 12.3. The number of hydrogen-bond donors (Lipinski definition) is 1. The van der Waals surface area contributed by atoms with Gasteiger partial charge < -0.3 is 15.0 Å². The van der Waals surface area contributed by atoms with Gasteiger partial charge in [0.25, 0.3) is 5.91 Å². The minimum atomic E-state index is -0.0476. The minimum absolute atomic E-state index is 0.0305. The van der Waals surface area contributed by atoms with Crippen molar-refractivity contribution < 1.29 is 14.3 Å². The van der Waals surface area contributed by atoms with E-state index < -0.39 is 0 Å². The van der Waals surface area contributed by atoms with Crippen molar-refractivity contribution in [3.63, 3.8) is 0 Å². The lowest BCUT2D eigenvalue weighted by Gasteiger charge is -2.31. The Kier molecular flexibility index (Phi) is 6.52. The van der Waals surface area contributed by atoms with Crippen molar-refractivity contribution in [2.75, 3.05) is 26.2 Å². The van der Waals surface area contributed by atoms with Gasteiger partial charge in [0.2, 0.25) is 5.91 Å². The summed E-state index contributed by atoms with van der Waals surface area (Å²) in [6, 6.07) is 10.9. The number of halogens is 1. The van der Waals surface area contributed by atoms with Crippen LogP contribution in [0.15, 0.2) is 41.8 Å². The van der Waals surface area contributed by atoms with Crippen LogP contribution in [0.25, 0.3) is 0 Å². The first-order valence-corrected chi connectivity index (χ1v) is 9.88. The van der Waals surface area contributed by atoms with Crippen molar-refractivity contribution >= 4 is 34.8 Å². The van der Waals surface area contributed by atoms with Gasteiger partial charge in [0.05, 0.1) is 11.4 Å². The average molecular weight is 393 g/mol. The normalized spacial score (nSPS) is 14.9. The third kappa shape index (κ3) is 4.99. The molecule has 1 saturated heterocycles. The van der Waals surface area contributed by atoms with Gasteiger partial charge in [-0.05, 0) is 42.5 Å². The molecule has 1 fully saturated rings. The maximum Gasteiger partial charge on any atom is 0.263 e. The lowest BCUT2D eigenvalue weighted by molar-refractivity contribution is -0.126. The number of benzene rings is 1. The molecule has 5 nitrogen and oxygen atoms in total. The van der Waals surface area contributed by atoms with Crippen LogP contribution in [-0.4, -0.2) is 43.0 Å². The molecule has 1 aromatic carbocycles. The summed E-state index contributed by atoms with van der Waals surface area (Å²) >= 11 is 7.35. The summed E-state index contributed by atoms with van der Waals surface area (Å²) in [5, 5.41) is 5.43. The molecule has 1 aliphatic heterocycles. The van der Waals surface area contributed by atoms with E-state index in [9.17, 15) is 9.59 Å². The third-order valence-corrected chi connectivity index (χ3v) is 5.44. The van der Waals surface area contributed by atoms with Crippen LogP contribution in [0.2, 0.25) is 5.02 Å². The number of hydrogen-bond acceptors (Lipinski definition) is 4. The topological polar surface area (TPSA) is 58.6 Å². The van der Waals surface area contributed by atoms with E-state index in [1.807, 2.05) is 34.5 Å². The van der Waals surface area contributed by atoms with Crippen LogP contribution in [-0.2, 0) is 4.79 Å². The molecule has 0 aliphatic carbocycles. The number of amides is 2. The van der Waals surface area contributed by atoms with Crippen molar-refractivity contribution in [1.82, 2.24) is 10.2 Å². The number of piperidine rings is 1. The fourth-order valence-corrected chi connectivity index (χ4v) is 3.82. The van der Waals surface area contributed by atoms with Gasteiger partial charge in [0.15, 0.2) is 0 Å². The summed E-state index contributed by atoms with van der Waals surface area (Å²) in [5.74, 6) is 0.734. The van der Waals surface area contributed by atoms with Gasteiger partial charge in [0.1, 0.15) is 12.4 Å². The highest BCUT2D eigenvalue weighted by Gasteiger charge is 2.27. The summed E-state index contributed by atoms with van der Waals surface area (Å²) < 4.78 is 5.56. The van der Waals surface area contributed by atoms with E-state index in [2.05, 4.69) is 5.32 Å². The van der Waals surface area contributed by atoms with E-state index >= 15 is 0 Å². The molecule has 2 amide bonds. The molecular weight excluding hydrogens is 372 g/mol. The molecule has 0 unspecified atom stereocenters. The molecule has 3 rings (SSSR count). The van der Waals surface area contributed by atoms with Crippen LogP contribution >= 0.6 is 22.9 Å². The number of likely N-dealkylation sites (tertiary alicyclic amines) is 1. The summed E-state index contributed by atoms with van der Waals surface area (Å²) in [4.78, 5) is 27.2. The average Bonchev–Trinajstić information content (AvgIpc) is 3.19. The molecule has 2 heterocycles. The molecule has 1 aromatic heterocycles. The van der Waals surface area contributed by atoms with Gasteiger partial charge in [-0.1, -0.05) is 23.7 Å². The molecule has 1 N–H and O–H groups in total. The second kappa shape index (κ2) is 9.05. The van der Waals surface area contributed by atoms with Crippen molar-refractivity contribution in [2.45, 2.75) is 12.8 Å². The fraction of sp³-hybridized carbons (Fsp3) is 0.368. The molecule has 0 saturated carbocycles. The lowest BCUT2D eigenvalue weighted by Crippen LogP contribution is -2.43. The maximum atomic E-state index is 12.3. The monoisotopic (exact) mass is 392 g/mol. The van der Waals surface area contributed by atoms with E-state index in [4.69, 9.17) is 16.3 Å². The second-order valence-electron chi connectivity index (χ2n) is 6.14. The predicted octanol–water partition coefficient (Wildman–Crippen LogP) is 3.45. The van der Waals surface area contributed by atoms with Gasteiger partial charge in [-0.15, -0.1) is 11.3 Å². The largest absolute Gasteiger partial charge is 0.492 e. The van der Waals surface area contributed by atoms with Crippen molar-refractivity contribution in [1.29, 1.82) is 0 Å². The molecule has 26 heavy (non-hydrogen) atoms. The van der Waals surface area contributed by atoms with Gasteiger partial charge in [-0.25, -0.2) is 0 Å². The Labute approximate surface area is 161 Å². The molecular formula is C19H21ClN2O3S. The highest BCUT2D eigenvalue weighted by atomic mass is 35.5. The fourth-order valence-electron chi connectivity index (χ4n) is 2.95. The van der Waals surface area contributed by atoms with E-state index in [1.54, 1.807) is 12.1 Å². The number of ether oxygens (including phenoxy) is 1. The Hall–Kier alpha value is -2.05. The number of thiophene rings is 1. The highest BCUT2D eigenvalue weighted by molar-refractivity contribution is 7.12. The predicted molar refractivity (Wildman–Crippen MR) is 103 cm³/mol. The lowest BCUT2D eigenvalue weighted by atomic mass is 9.96. The second-order valence-corrected chi connectivity index (χ2v) is 7.52. The quantitative estimate of drug-likeness (QED) is 0.766. The Morgan fingerprint density at radius 1 is 1.23 bits per heavy atom. The first-order chi connectivity index (χ1) is 12.6. The number of rotatable bonds is 6. The van der Waals surface area contributed by atoms with E-state index in [1.165, 1.54) is 11.3 Å². The van der Waals surface area contributed by atoms with Crippen molar-refractivity contribution in [2.24, 2.45) is 5.92 Å². The van der Waals surface area contributed by atoms with Crippen molar-refractivity contribution in [3.8, 4) is 5.75 Å². The van der Waals surface area contributed by atoms with Crippen LogP contribution in [0.1, 0.15) is 22.5 Å². The minimum Gasteiger partial charge on any atom is -0.492 e. The zero-order valence-corrected chi connectivity index (χ0v) is 15.9. The van der Waals surface area contributed by atoms with Crippen LogP contribution in [0.3, 0.4) is 0 Å². The molecule has 7 heteroatoms. The third-order valence-electron chi connectivity index (χ3n) is 4.35. The van der Waals surface area contributed by atoms with Gasteiger partial charge in [0, 0.05) is 24.0 Å². The number of carbonyl (C=O) groups excluding carboxylic acids is 2. The smallest absolute Gasteiger partial charge is 0.263 e.